The predicted molar refractivity (Wildman–Crippen MR) is 65.9 cm³/mol. The molecule has 0 aliphatic heterocycles. The average molecular weight is 268 g/mol. The maximum absolute atomic E-state index is 11.5. The van der Waals surface area contributed by atoms with Gasteiger partial charge in [0.05, 0.1) is 0 Å². The number of ether oxygens (including phenoxy) is 1. The van der Waals surface area contributed by atoms with E-state index in [-0.39, 0.29) is 0 Å². The number of aliphatic hydroxyl groups is 1. The van der Waals surface area contributed by atoms with Crippen LogP contribution in [0.5, 0.6) is 0 Å². The summed E-state index contributed by atoms with van der Waals surface area (Å²) in [6, 6.07) is 5.75. The quantitative estimate of drug-likeness (QED) is 0.486. The zero-order valence-electron chi connectivity index (χ0n) is 10.1. The molecule has 0 aliphatic rings. The van der Waals surface area contributed by atoms with Gasteiger partial charge in [0.1, 0.15) is 24.8 Å². The Bertz CT molecular complexity index is 437. The first-order valence-electron chi connectivity index (χ1n) is 5.57. The summed E-state index contributed by atoms with van der Waals surface area (Å²) in [5, 5.41) is 18.4. The van der Waals surface area contributed by atoms with Crippen molar-refractivity contribution in [3.63, 3.8) is 0 Å². The van der Waals surface area contributed by atoms with Gasteiger partial charge in [-0.3, -0.25) is 9.59 Å². The summed E-state index contributed by atoms with van der Waals surface area (Å²) in [7, 11) is 0. The number of nitrogens with two attached hydrogens (primary N) is 2. The second-order valence-electron chi connectivity index (χ2n) is 3.96. The number of aliphatic hydroxyl groups excluding tert-OH is 1. The summed E-state index contributed by atoms with van der Waals surface area (Å²) in [4.78, 5) is 22.0. The van der Waals surface area contributed by atoms with Crippen molar-refractivity contribution in [2.45, 2.75) is 18.2 Å². The Balaban J connectivity index is 2.55. The molecule has 7 heteroatoms. The molecule has 0 amide bonds. The molecule has 0 bridgehead atoms. The average Bonchev–Trinajstić information content (AvgIpc) is 2.43. The molecule has 3 atom stereocenters. The van der Waals surface area contributed by atoms with Gasteiger partial charge in [-0.25, -0.2) is 0 Å². The second-order valence-corrected chi connectivity index (χ2v) is 3.96. The molecule has 0 aromatic heterocycles. The third kappa shape index (κ3) is 4.32. The minimum atomic E-state index is -1.31. The fraction of sp³-hybridized carbons (Fsp3) is 0.333. The van der Waals surface area contributed by atoms with Crippen molar-refractivity contribution in [1.82, 2.24) is 0 Å². The second kappa shape index (κ2) is 6.83. The van der Waals surface area contributed by atoms with E-state index in [1.54, 1.807) is 30.3 Å². The molecule has 1 rings (SSSR count). The molecule has 1 unspecified atom stereocenters. The largest absolute Gasteiger partial charge is 0.480 e. The van der Waals surface area contributed by atoms with Gasteiger partial charge < -0.3 is 26.4 Å². The van der Waals surface area contributed by atoms with Crippen LogP contribution in [0.2, 0.25) is 0 Å². The molecular formula is C12H16N2O5. The molecule has 0 spiro atoms. The van der Waals surface area contributed by atoms with Crippen molar-refractivity contribution in [1.29, 1.82) is 0 Å². The van der Waals surface area contributed by atoms with Gasteiger partial charge in [0, 0.05) is 0 Å². The predicted octanol–water partition coefficient (Wildman–Crippen LogP) is -0.998. The molecule has 7 nitrogen and oxygen atoms in total. The zero-order chi connectivity index (χ0) is 14.4. The highest BCUT2D eigenvalue weighted by molar-refractivity contribution is 5.78. The Morgan fingerprint density at radius 1 is 1.21 bits per heavy atom. The topological polar surface area (TPSA) is 136 Å². The van der Waals surface area contributed by atoms with Crippen molar-refractivity contribution >= 4 is 11.9 Å². The van der Waals surface area contributed by atoms with E-state index in [2.05, 4.69) is 4.74 Å². The Morgan fingerprint density at radius 2 is 1.79 bits per heavy atom. The highest BCUT2D eigenvalue weighted by atomic mass is 16.5. The van der Waals surface area contributed by atoms with E-state index in [4.69, 9.17) is 16.6 Å². The Labute approximate surface area is 109 Å². The third-order valence-electron chi connectivity index (χ3n) is 2.48. The first-order chi connectivity index (χ1) is 8.93. The lowest BCUT2D eigenvalue weighted by molar-refractivity contribution is -0.151. The zero-order valence-corrected chi connectivity index (χ0v) is 10.1. The molecule has 0 aliphatic carbocycles. The van der Waals surface area contributed by atoms with E-state index in [0.717, 1.165) is 0 Å². The van der Waals surface area contributed by atoms with Crippen molar-refractivity contribution in [2.75, 3.05) is 6.61 Å². The summed E-state index contributed by atoms with van der Waals surface area (Å²) in [6.07, 6.45) is -1.23. The molecule has 0 radical (unpaired) electrons. The molecule has 19 heavy (non-hydrogen) atoms. The Kier molecular flexibility index (Phi) is 5.43. The third-order valence-corrected chi connectivity index (χ3v) is 2.48. The maximum Gasteiger partial charge on any atom is 0.326 e. The van der Waals surface area contributed by atoms with Crippen molar-refractivity contribution in [3.05, 3.63) is 35.9 Å². The van der Waals surface area contributed by atoms with Crippen LogP contribution in [-0.2, 0) is 14.3 Å². The molecular weight excluding hydrogens is 252 g/mol. The first kappa shape index (κ1) is 15.1. The van der Waals surface area contributed by atoms with Crippen LogP contribution < -0.4 is 11.5 Å². The van der Waals surface area contributed by atoms with Gasteiger partial charge in [0.25, 0.3) is 0 Å². The molecule has 6 N–H and O–H groups in total. The normalized spacial score (nSPS) is 15.3. The smallest absolute Gasteiger partial charge is 0.326 e. The van der Waals surface area contributed by atoms with Gasteiger partial charge in [-0.15, -0.1) is 0 Å². The van der Waals surface area contributed by atoms with E-state index in [0.29, 0.717) is 5.56 Å². The number of carbonyl (C=O) groups excluding carboxylic acids is 1. The van der Waals surface area contributed by atoms with Gasteiger partial charge in [-0.05, 0) is 5.56 Å². The summed E-state index contributed by atoms with van der Waals surface area (Å²) >= 11 is 0. The molecule has 1 aromatic rings. The maximum atomic E-state index is 11.5. The van der Waals surface area contributed by atoms with Gasteiger partial charge in [-0.1, -0.05) is 30.3 Å². The fourth-order valence-corrected chi connectivity index (χ4v) is 1.33. The van der Waals surface area contributed by atoms with Crippen LogP contribution in [0.1, 0.15) is 11.7 Å². The highest BCUT2D eigenvalue weighted by Gasteiger charge is 2.26. The van der Waals surface area contributed by atoms with Gasteiger partial charge in [0.15, 0.2) is 0 Å². The summed E-state index contributed by atoms with van der Waals surface area (Å²) in [6.45, 7) is -0.497. The molecule has 0 heterocycles. The van der Waals surface area contributed by atoms with Crippen molar-refractivity contribution in [3.8, 4) is 0 Å². The first-order valence-corrected chi connectivity index (χ1v) is 5.57. The minimum absolute atomic E-state index is 0.467. The summed E-state index contributed by atoms with van der Waals surface area (Å²) in [5.74, 6) is -2.20. The van der Waals surface area contributed by atoms with Crippen LogP contribution in [0.3, 0.4) is 0 Å². The molecule has 0 saturated carbocycles. The van der Waals surface area contributed by atoms with Crippen molar-refractivity contribution < 1.29 is 24.5 Å². The number of carbonyl (C=O) groups is 2. The standard InChI is InChI=1S/C12H16N2O5/c13-8(11(16)17)6-19-12(18)9(14)10(15)7-4-2-1-3-5-7/h1-5,8-10,15H,6,13-14H2,(H,16,17)/t8-,9-,10?/m0/s1. The van der Waals surface area contributed by atoms with Gasteiger partial charge >= 0.3 is 11.9 Å². The number of hydrogen-bond acceptors (Lipinski definition) is 6. The monoisotopic (exact) mass is 268 g/mol. The minimum Gasteiger partial charge on any atom is -0.480 e. The van der Waals surface area contributed by atoms with Crippen LogP contribution in [0, 0.1) is 0 Å². The number of benzene rings is 1. The number of esters is 1. The molecule has 1 aromatic carbocycles. The SMILES string of the molecule is N[C@H](C(=O)OC[C@H](N)C(=O)O)C(O)c1ccccc1. The lowest BCUT2D eigenvalue weighted by Crippen LogP contribution is -2.42. The highest BCUT2D eigenvalue weighted by Crippen LogP contribution is 2.15. The van der Waals surface area contributed by atoms with E-state index < -0.39 is 36.7 Å². The molecule has 0 saturated heterocycles. The van der Waals surface area contributed by atoms with Gasteiger partial charge in [0.2, 0.25) is 0 Å². The van der Waals surface area contributed by atoms with Crippen LogP contribution in [0.4, 0.5) is 0 Å². The van der Waals surface area contributed by atoms with Crippen LogP contribution in [-0.4, -0.2) is 40.8 Å². The van der Waals surface area contributed by atoms with E-state index in [1.165, 1.54) is 0 Å². The Hall–Kier alpha value is -1.96. The van der Waals surface area contributed by atoms with Crippen LogP contribution in [0.25, 0.3) is 0 Å². The number of aliphatic carboxylic acids is 1. The summed E-state index contributed by atoms with van der Waals surface area (Å²) in [5.41, 5.74) is 11.2. The number of carboxylic acid groups (broad SMARTS) is 1. The van der Waals surface area contributed by atoms with E-state index in [9.17, 15) is 14.7 Å². The number of carboxylic acids is 1. The fourth-order valence-electron chi connectivity index (χ4n) is 1.33. The molecule has 104 valence electrons. The van der Waals surface area contributed by atoms with Crippen molar-refractivity contribution in [2.24, 2.45) is 11.5 Å². The van der Waals surface area contributed by atoms with E-state index >= 15 is 0 Å². The lowest BCUT2D eigenvalue weighted by atomic mass is 10.0. The molecule has 0 fully saturated rings. The Morgan fingerprint density at radius 3 is 2.32 bits per heavy atom. The van der Waals surface area contributed by atoms with Crippen LogP contribution in [0.15, 0.2) is 30.3 Å². The number of rotatable bonds is 6. The number of hydrogen-bond donors (Lipinski definition) is 4. The van der Waals surface area contributed by atoms with Crippen LogP contribution >= 0.6 is 0 Å². The lowest BCUT2D eigenvalue weighted by Gasteiger charge is -2.18. The summed E-state index contributed by atoms with van der Waals surface area (Å²) < 4.78 is 4.64. The van der Waals surface area contributed by atoms with Gasteiger partial charge in [-0.2, -0.15) is 0 Å². The van der Waals surface area contributed by atoms with E-state index in [1.807, 2.05) is 0 Å².